The summed E-state index contributed by atoms with van der Waals surface area (Å²) in [6.45, 7) is 13.7. The highest BCUT2D eigenvalue weighted by Crippen LogP contribution is 2.00. The van der Waals surface area contributed by atoms with Crippen molar-refractivity contribution in [2.45, 2.75) is 72.8 Å². The SMILES string of the molecule is CCCCC[NH+](NCCC)C(C)/C=C\CC(C)C. The zero-order valence-corrected chi connectivity index (χ0v) is 13.3. The van der Waals surface area contributed by atoms with Crippen LogP contribution in [0.2, 0.25) is 0 Å². The van der Waals surface area contributed by atoms with Gasteiger partial charge < -0.3 is 0 Å². The van der Waals surface area contributed by atoms with Gasteiger partial charge in [0.05, 0.1) is 6.54 Å². The lowest BCUT2D eigenvalue weighted by molar-refractivity contribution is -0.961. The van der Waals surface area contributed by atoms with Crippen molar-refractivity contribution in [3.05, 3.63) is 12.2 Å². The zero-order valence-electron chi connectivity index (χ0n) is 13.3. The van der Waals surface area contributed by atoms with Gasteiger partial charge in [0.25, 0.3) is 0 Å². The summed E-state index contributed by atoms with van der Waals surface area (Å²) in [5, 5.41) is 1.53. The first-order chi connectivity index (χ1) is 8.61. The summed E-state index contributed by atoms with van der Waals surface area (Å²) >= 11 is 0. The number of nitrogens with one attached hydrogen (secondary N) is 2. The Morgan fingerprint density at radius 2 is 1.78 bits per heavy atom. The average Bonchev–Trinajstić information content (AvgIpc) is 2.33. The summed E-state index contributed by atoms with van der Waals surface area (Å²) in [6, 6.07) is 0.576. The van der Waals surface area contributed by atoms with E-state index < -0.39 is 0 Å². The topological polar surface area (TPSA) is 16.5 Å². The molecule has 0 aromatic rings. The maximum absolute atomic E-state index is 3.63. The summed E-state index contributed by atoms with van der Waals surface area (Å²) in [5.74, 6) is 0.764. The first-order valence-corrected chi connectivity index (χ1v) is 7.88. The van der Waals surface area contributed by atoms with Crippen LogP contribution in [-0.2, 0) is 0 Å². The van der Waals surface area contributed by atoms with E-state index in [2.05, 4.69) is 52.2 Å². The number of quaternary nitrogens is 1. The molecule has 108 valence electrons. The summed E-state index contributed by atoms with van der Waals surface area (Å²) in [7, 11) is 0. The van der Waals surface area contributed by atoms with Crippen molar-refractivity contribution < 1.29 is 5.01 Å². The first kappa shape index (κ1) is 17.7. The fourth-order valence-corrected chi connectivity index (χ4v) is 2.00. The van der Waals surface area contributed by atoms with E-state index in [0.717, 1.165) is 12.5 Å². The highest BCUT2D eigenvalue weighted by atomic mass is 15.5. The van der Waals surface area contributed by atoms with Crippen LogP contribution < -0.4 is 10.4 Å². The van der Waals surface area contributed by atoms with Crippen LogP contribution in [0.4, 0.5) is 0 Å². The summed E-state index contributed by atoms with van der Waals surface area (Å²) in [6.07, 6.45) is 11.1. The molecule has 0 fully saturated rings. The van der Waals surface area contributed by atoms with Crippen LogP contribution in [0.15, 0.2) is 12.2 Å². The molecule has 0 radical (unpaired) electrons. The van der Waals surface area contributed by atoms with Crippen molar-refractivity contribution in [2.24, 2.45) is 5.92 Å². The average molecular weight is 255 g/mol. The number of allylic oxidation sites excluding steroid dienone is 1. The predicted octanol–water partition coefficient (Wildman–Crippen LogP) is 2.97. The Kier molecular flexibility index (Phi) is 11.5. The molecule has 0 aliphatic heterocycles. The minimum absolute atomic E-state index is 0.576. The van der Waals surface area contributed by atoms with E-state index in [1.165, 1.54) is 43.7 Å². The Balaban J connectivity index is 4.11. The Morgan fingerprint density at radius 1 is 1.06 bits per heavy atom. The Hall–Kier alpha value is -0.340. The molecule has 0 aliphatic rings. The number of hydrogen-bond donors (Lipinski definition) is 2. The Morgan fingerprint density at radius 3 is 2.33 bits per heavy atom. The summed E-state index contributed by atoms with van der Waals surface area (Å²) in [4.78, 5) is 0. The molecule has 0 saturated carbocycles. The molecule has 0 heterocycles. The number of hydrogen-bond acceptors (Lipinski definition) is 1. The molecule has 2 unspecified atom stereocenters. The third-order valence-electron chi connectivity index (χ3n) is 3.23. The van der Waals surface area contributed by atoms with Crippen LogP contribution in [0.25, 0.3) is 0 Å². The van der Waals surface area contributed by atoms with Crippen molar-refractivity contribution >= 4 is 0 Å². The molecule has 2 heteroatoms. The fraction of sp³-hybridized carbons (Fsp3) is 0.875. The van der Waals surface area contributed by atoms with E-state index in [1.807, 2.05) is 0 Å². The van der Waals surface area contributed by atoms with Gasteiger partial charge in [-0.2, -0.15) is 5.43 Å². The third kappa shape index (κ3) is 9.67. The molecule has 2 atom stereocenters. The smallest absolute Gasteiger partial charge is 0.121 e. The molecule has 0 aliphatic carbocycles. The molecule has 0 aromatic heterocycles. The van der Waals surface area contributed by atoms with Gasteiger partial charge in [0.15, 0.2) is 0 Å². The monoisotopic (exact) mass is 255 g/mol. The van der Waals surface area contributed by atoms with E-state index in [4.69, 9.17) is 0 Å². The minimum atomic E-state index is 0.576. The normalized spacial score (nSPS) is 15.4. The lowest BCUT2D eigenvalue weighted by Crippen LogP contribution is -3.21. The van der Waals surface area contributed by atoms with Crippen LogP contribution in [0.1, 0.15) is 66.7 Å². The Bertz CT molecular complexity index is 199. The molecule has 0 rings (SSSR count). The van der Waals surface area contributed by atoms with Gasteiger partial charge in [-0.3, -0.25) is 5.01 Å². The largest absolute Gasteiger partial charge is 0.252 e. The second-order valence-corrected chi connectivity index (χ2v) is 5.76. The van der Waals surface area contributed by atoms with Gasteiger partial charge in [-0.1, -0.05) is 40.2 Å². The summed E-state index contributed by atoms with van der Waals surface area (Å²) in [5.41, 5.74) is 3.63. The van der Waals surface area contributed by atoms with Gasteiger partial charge in [0, 0.05) is 6.54 Å². The second kappa shape index (κ2) is 11.7. The maximum Gasteiger partial charge on any atom is 0.121 e. The van der Waals surface area contributed by atoms with Crippen LogP contribution in [0.5, 0.6) is 0 Å². The molecule has 0 amide bonds. The van der Waals surface area contributed by atoms with Gasteiger partial charge in [0.2, 0.25) is 0 Å². The first-order valence-electron chi connectivity index (χ1n) is 7.88. The van der Waals surface area contributed by atoms with E-state index in [0.29, 0.717) is 6.04 Å². The van der Waals surface area contributed by atoms with Crippen LogP contribution in [-0.4, -0.2) is 19.1 Å². The molecule has 18 heavy (non-hydrogen) atoms. The van der Waals surface area contributed by atoms with Gasteiger partial charge in [-0.25, -0.2) is 0 Å². The molecule has 0 aromatic carbocycles. The lowest BCUT2D eigenvalue weighted by Gasteiger charge is -2.24. The van der Waals surface area contributed by atoms with Crippen LogP contribution >= 0.6 is 0 Å². The number of unbranched alkanes of at least 4 members (excludes halogenated alkanes) is 2. The van der Waals surface area contributed by atoms with Crippen molar-refractivity contribution in [1.82, 2.24) is 5.43 Å². The molecule has 0 bridgehead atoms. The standard InChI is InChI=1S/C16H34N2/c1-6-8-9-14-18(17-13-7-2)16(5)12-10-11-15(3)4/h10,12,15-17H,6-9,11,13-14H2,1-5H3/p+1/b12-10-. The highest BCUT2D eigenvalue weighted by molar-refractivity contribution is 4.87. The van der Waals surface area contributed by atoms with Gasteiger partial charge in [-0.05, 0) is 44.6 Å². The quantitative estimate of drug-likeness (QED) is 0.330. The molecule has 2 N–H and O–H groups in total. The molecular weight excluding hydrogens is 220 g/mol. The number of rotatable bonds is 11. The van der Waals surface area contributed by atoms with E-state index in [1.54, 1.807) is 0 Å². The summed E-state index contributed by atoms with van der Waals surface area (Å²) < 4.78 is 0. The predicted molar refractivity (Wildman–Crippen MR) is 81.7 cm³/mol. The van der Waals surface area contributed by atoms with Crippen molar-refractivity contribution in [1.29, 1.82) is 0 Å². The van der Waals surface area contributed by atoms with Crippen LogP contribution in [0, 0.1) is 5.92 Å². The highest BCUT2D eigenvalue weighted by Gasteiger charge is 2.13. The molecule has 2 nitrogen and oxygen atoms in total. The van der Waals surface area contributed by atoms with Crippen LogP contribution in [0.3, 0.4) is 0 Å². The minimum Gasteiger partial charge on any atom is -0.252 e. The second-order valence-electron chi connectivity index (χ2n) is 5.76. The molecular formula is C16H35N2+. The van der Waals surface area contributed by atoms with Gasteiger partial charge in [0.1, 0.15) is 6.04 Å². The third-order valence-corrected chi connectivity index (χ3v) is 3.23. The van der Waals surface area contributed by atoms with E-state index in [-0.39, 0.29) is 0 Å². The zero-order chi connectivity index (χ0) is 13.8. The Labute approximate surface area is 115 Å². The van der Waals surface area contributed by atoms with Crippen molar-refractivity contribution in [3.8, 4) is 0 Å². The van der Waals surface area contributed by atoms with Crippen molar-refractivity contribution in [3.63, 3.8) is 0 Å². The van der Waals surface area contributed by atoms with E-state index >= 15 is 0 Å². The van der Waals surface area contributed by atoms with Crippen molar-refractivity contribution in [2.75, 3.05) is 13.1 Å². The maximum atomic E-state index is 3.63. The van der Waals surface area contributed by atoms with Gasteiger partial charge in [-0.15, -0.1) is 0 Å². The van der Waals surface area contributed by atoms with Gasteiger partial charge >= 0.3 is 0 Å². The molecule has 0 saturated heterocycles. The molecule has 0 spiro atoms. The van der Waals surface area contributed by atoms with E-state index in [9.17, 15) is 0 Å². The lowest BCUT2D eigenvalue weighted by atomic mass is 10.1. The fourth-order valence-electron chi connectivity index (χ4n) is 2.00.